The van der Waals surface area contributed by atoms with Gasteiger partial charge in [-0.25, -0.2) is 4.79 Å². The number of hydrogen-bond acceptors (Lipinski definition) is 5. The molecule has 0 aromatic heterocycles. The fourth-order valence-corrected chi connectivity index (χ4v) is 3.18. The summed E-state index contributed by atoms with van der Waals surface area (Å²) in [4.78, 5) is 23.7. The maximum atomic E-state index is 12.6. The van der Waals surface area contributed by atoms with Crippen molar-refractivity contribution in [1.29, 1.82) is 5.26 Å². The molecule has 172 valence electrons. The van der Waals surface area contributed by atoms with Crippen LogP contribution in [0.15, 0.2) is 66.2 Å². The van der Waals surface area contributed by atoms with Crippen LogP contribution in [0.5, 0.6) is 11.5 Å². The zero-order valence-corrected chi connectivity index (χ0v) is 19.1. The van der Waals surface area contributed by atoms with E-state index in [9.17, 15) is 14.9 Å². The van der Waals surface area contributed by atoms with Crippen LogP contribution in [0.25, 0.3) is 6.08 Å². The number of amides is 1. The van der Waals surface area contributed by atoms with Crippen LogP contribution >= 0.6 is 0 Å². The lowest BCUT2D eigenvalue weighted by Gasteiger charge is -2.12. The minimum atomic E-state index is -1.01. The van der Waals surface area contributed by atoms with Crippen molar-refractivity contribution in [3.63, 3.8) is 0 Å². The molecule has 0 atom stereocenters. The molecule has 0 aliphatic rings. The average molecular weight is 456 g/mol. The van der Waals surface area contributed by atoms with Crippen molar-refractivity contribution in [2.24, 2.45) is 0 Å². The normalized spacial score (nSPS) is 10.8. The van der Waals surface area contributed by atoms with Crippen LogP contribution in [0.3, 0.4) is 0 Å². The highest BCUT2D eigenvalue weighted by Crippen LogP contribution is 2.30. The Morgan fingerprint density at radius 3 is 2.50 bits per heavy atom. The van der Waals surface area contributed by atoms with Gasteiger partial charge in [0.05, 0.1) is 12.7 Å². The number of nitrogens with one attached hydrogen (secondary N) is 1. The summed E-state index contributed by atoms with van der Waals surface area (Å²) in [5.74, 6) is -0.665. The second kappa shape index (κ2) is 10.8. The number of ether oxygens (including phenoxy) is 2. The van der Waals surface area contributed by atoms with E-state index in [0.29, 0.717) is 28.3 Å². The van der Waals surface area contributed by atoms with Crippen LogP contribution < -0.4 is 14.8 Å². The first kappa shape index (κ1) is 24.1. The topological polar surface area (TPSA) is 109 Å². The smallest absolute Gasteiger partial charge is 0.335 e. The number of rotatable bonds is 8. The van der Waals surface area contributed by atoms with E-state index in [1.807, 2.05) is 32.0 Å². The monoisotopic (exact) mass is 456 g/mol. The summed E-state index contributed by atoms with van der Waals surface area (Å²) in [5, 5.41) is 21.4. The molecule has 0 fully saturated rings. The van der Waals surface area contributed by atoms with Crippen molar-refractivity contribution < 1.29 is 24.2 Å². The second-order valence-corrected chi connectivity index (χ2v) is 7.63. The molecule has 7 heteroatoms. The Kier molecular flexibility index (Phi) is 7.67. The first-order valence-corrected chi connectivity index (χ1v) is 10.4. The molecule has 0 unspecified atom stereocenters. The first-order chi connectivity index (χ1) is 16.3. The highest BCUT2D eigenvalue weighted by Gasteiger charge is 2.12. The highest BCUT2D eigenvalue weighted by atomic mass is 16.5. The zero-order valence-electron chi connectivity index (χ0n) is 19.1. The van der Waals surface area contributed by atoms with E-state index < -0.39 is 11.9 Å². The van der Waals surface area contributed by atoms with Gasteiger partial charge in [0.2, 0.25) is 0 Å². The minimum Gasteiger partial charge on any atom is -0.493 e. The molecule has 34 heavy (non-hydrogen) atoms. The third kappa shape index (κ3) is 6.02. The van der Waals surface area contributed by atoms with Crippen molar-refractivity contribution in [2.45, 2.75) is 20.5 Å². The molecule has 0 bridgehead atoms. The number of methoxy groups -OCH3 is 1. The number of anilines is 1. The van der Waals surface area contributed by atoms with Crippen molar-refractivity contribution in [3.05, 3.63) is 94.1 Å². The quantitative estimate of drug-likeness (QED) is 0.359. The van der Waals surface area contributed by atoms with Gasteiger partial charge in [0.25, 0.3) is 5.91 Å². The van der Waals surface area contributed by atoms with E-state index in [0.717, 1.165) is 11.1 Å². The van der Waals surface area contributed by atoms with Gasteiger partial charge in [0, 0.05) is 5.69 Å². The molecule has 0 saturated carbocycles. The average Bonchev–Trinajstić information content (AvgIpc) is 2.83. The molecule has 0 saturated heterocycles. The summed E-state index contributed by atoms with van der Waals surface area (Å²) in [7, 11) is 1.48. The molecular weight excluding hydrogens is 432 g/mol. The van der Waals surface area contributed by atoms with Crippen LogP contribution in [0.4, 0.5) is 5.69 Å². The van der Waals surface area contributed by atoms with Crippen LogP contribution in [0.2, 0.25) is 0 Å². The van der Waals surface area contributed by atoms with E-state index >= 15 is 0 Å². The van der Waals surface area contributed by atoms with Gasteiger partial charge in [-0.05, 0) is 78.6 Å². The molecule has 0 spiro atoms. The summed E-state index contributed by atoms with van der Waals surface area (Å²) in [6, 6.07) is 19.0. The van der Waals surface area contributed by atoms with Crippen molar-refractivity contribution >= 4 is 23.6 Å². The number of carboxylic acids is 1. The van der Waals surface area contributed by atoms with Gasteiger partial charge in [-0.3, -0.25) is 4.79 Å². The number of carbonyl (C=O) groups excluding carboxylic acids is 1. The molecule has 3 aromatic rings. The second-order valence-electron chi connectivity index (χ2n) is 7.63. The first-order valence-electron chi connectivity index (χ1n) is 10.4. The van der Waals surface area contributed by atoms with Gasteiger partial charge in [0.1, 0.15) is 18.2 Å². The predicted octanol–water partition coefficient (Wildman–Crippen LogP) is 5.13. The van der Waals surface area contributed by atoms with Crippen molar-refractivity contribution in [1.82, 2.24) is 0 Å². The van der Waals surface area contributed by atoms with Crippen LogP contribution in [-0.2, 0) is 11.4 Å². The Balaban J connectivity index is 1.75. The van der Waals surface area contributed by atoms with E-state index in [1.54, 1.807) is 42.5 Å². The molecule has 2 N–H and O–H groups in total. The molecule has 0 aliphatic carbocycles. The maximum Gasteiger partial charge on any atom is 0.335 e. The Morgan fingerprint density at radius 2 is 1.82 bits per heavy atom. The summed E-state index contributed by atoms with van der Waals surface area (Å²) in [5.41, 5.74) is 4.16. The van der Waals surface area contributed by atoms with Gasteiger partial charge in [-0.15, -0.1) is 0 Å². The SMILES string of the molecule is COc1cc(C=C(C#N)C(=O)Nc2ccc(C)c(C)c2)ccc1OCc1cccc(C(=O)O)c1. The Bertz CT molecular complexity index is 1300. The summed E-state index contributed by atoms with van der Waals surface area (Å²) < 4.78 is 11.2. The Labute approximate surface area is 197 Å². The van der Waals surface area contributed by atoms with Crippen molar-refractivity contribution in [3.8, 4) is 17.6 Å². The molecule has 3 aromatic carbocycles. The number of benzene rings is 3. The molecule has 0 aliphatic heterocycles. The van der Waals surface area contributed by atoms with E-state index in [4.69, 9.17) is 14.6 Å². The third-order valence-corrected chi connectivity index (χ3v) is 5.20. The number of aryl methyl sites for hydroxylation is 2. The molecule has 3 rings (SSSR count). The fraction of sp³-hybridized carbons (Fsp3) is 0.148. The summed E-state index contributed by atoms with van der Waals surface area (Å²) in [6.07, 6.45) is 1.47. The number of nitrogens with zero attached hydrogens (tertiary/aromatic N) is 1. The third-order valence-electron chi connectivity index (χ3n) is 5.20. The molecule has 0 radical (unpaired) electrons. The molecular formula is C27H24N2O5. The van der Waals surface area contributed by atoms with Crippen LogP contribution in [0.1, 0.15) is 32.6 Å². The number of carbonyl (C=O) groups is 2. The largest absolute Gasteiger partial charge is 0.493 e. The van der Waals surface area contributed by atoms with Gasteiger partial charge >= 0.3 is 5.97 Å². The molecule has 7 nitrogen and oxygen atoms in total. The standard InChI is InChI=1S/C27H24N2O5/c1-17-7-9-23(11-18(17)2)29-26(30)22(15-28)12-19-8-10-24(25(14-19)33-3)34-16-20-5-4-6-21(13-20)27(31)32/h4-14H,16H2,1-3H3,(H,29,30)(H,31,32). The summed E-state index contributed by atoms with van der Waals surface area (Å²) >= 11 is 0. The van der Waals surface area contributed by atoms with Crippen LogP contribution in [0, 0.1) is 25.2 Å². The maximum absolute atomic E-state index is 12.6. The van der Waals surface area contributed by atoms with Gasteiger partial charge < -0.3 is 19.9 Å². The molecule has 0 heterocycles. The van der Waals surface area contributed by atoms with Gasteiger partial charge in [-0.1, -0.05) is 24.3 Å². The number of nitriles is 1. The highest BCUT2D eigenvalue weighted by molar-refractivity contribution is 6.09. The summed E-state index contributed by atoms with van der Waals surface area (Å²) in [6.45, 7) is 4.08. The van der Waals surface area contributed by atoms with Gasteiger partial charge in [0.15, 0.2) is 11.5 Å². The van der Waals surface area contributed by atoms with Crippen LogP contribution in [-0.4, -0.2) is 24.1 Å². The fourth-order valence-electron chi connectivity index (χ4n) is 3.18. The zero-order chi connectivity index (χ0) is 24.7. The van der Waals surface area contributed by atoms with Crippen molar-refractivity contribution in [2.75, 3.05) is 12.4 Å². The minimum absolute atomic E-state index is 0.0561. The van der Waals surface area contributed by atoms with E-state index in [2.05, 4.69) is 5.32 Å². The lowest BCUT2D eigenvalue weighted by molar-refractivity contribution is -0.112. The lowest BCUT2D eigenvalue weighted by Crippen LogP contribution is -2.13. The predicted molar refractivity (Wildman–Crippen MR) is 129 cm³/mol. The van der Waals surface area contributed by atoms with E-state index in [-0.39, 0.29) is 17.7 Å². The number of hydrogen-bond donors (Lipinski definition) is 2. The molecule has 1 amide bonds. The Hall–Kier alpha value is -4.57. The lowest BCUT2D eigenvalue weighted by atomic mass is 10.1. The van der Waals surface area contributed by atoms with E-state index in [1.165, 1.54) is 19.3 Å². The Morgan fingerprint density at radius 1 is 1.03 bits per heavy atom. The number of aromatic carboxylic acids is 1. The number of carboxylic acid groups (broad SMARTS) is 1. The van der Waals surface area contributed by atoms with Gasteiger partial charge in [-0.2, -0.15) is 5.26 Å².